The van der Waals surface area contributed by atoms with Crippen LogP contribution >= 0.6 is 0 Å². The van der Waals surface area contributed by atoms with Gasteiger partial charge in [0, 0.05) is 26.9 Å². The number of rotatable bonds is 5. The standard InChI is InChI=1S/C15H22N2O3/c1-19-11-13-4-2-12(3-5-13)10-17-14(18)15(16)6-8-20-9-7-15/h2-5H,6-11,16H2,1H3,(H,17,18). The molecule has 0 aromatic heterocycles. The minimum absolute atomic E-state index is 0.0956. The fourth-order valence-corrected chi connectivity index (χ4v) is 2.24. The fraction of sp³-hybridized carbons (Fsp3) is 0.533. The quantitative estimate of drug-likeness (QED) is 0.841. The van der Waals surface area contributed by atoms with Crippen molar-refractivity contribution in [3.8, 4) is 0 Å². The van der Waals surface area contributed by atoms with E-state index in [9.17, 15) is 4.79 Å². The van der Waals surface area contributed by atoms with Crippen molar-refractivity contribution >= 4 is 5.91 Å². The topological polar surface area (TPSA) is 73.6 Å². The van der Waals surface area contributed by atoms with Crippen LogP contribution < -0.4 is 11.1 Å². The number of carbonyl (C=O) groups is 1. The smallest absolute Gasteiger partial charge is 0.240 e. The van der Waals surface area contributed by atoms with E-state index < -0.39 is 5.54 Å². The highest BCUT2D eigenvalue weighted by molar-refractivity contribution is 5.86. The third kappa shape index (κ3) is 3.79. The molecule has 1 amide bonds. The van der Waals surface area contributed by atoms with Gasteiger partial charge in [-0.2, -0.15) is 0 Å². The molecule has 0 bridgehead atoms. The summed E-state index contributed by atoms with van der Waals surface area (Å²) in [5, 5.41) is 2.91. The maximum Gasteiger partial charge on any atom is 0.240 e. The highest BCUT2D eigenvalue weighted by atomic mass is 16.5. The normalized spacial score (nSPS) is 17.7. The number of nitrogens with two attached hydrogens (primary N) is 1. The molecule has 1 aliphatic heterocycles. The summed E-state index contributed by atoms with van der Waals surface area (Å²) in [4.78, 5) is 12.2. The molecule has 0 unspecified atom stereocenters. The van der Waals surface area contributed by atoms with Crippen LogP contribution in [0.15, 0.2) is 24.3 Å². The molecule has 0 atom stereocenters. The highest BCUT2D eigenvalue weighted by Gasteiger charge is 2.35. The van der Waals surface area contributed by atoms with E-state index >= 15 is 0 Å². The minimum atomic E-state index is -0.783. The second-order valence-corrected chi connectivity index (χ2v) is 5.20. The van der Waals surface area contributed by atoms with Crippen molar-refractivity contribution in [1.29, 1.82) is 0 Å². The lowest BCUT2D eigenvalue weighted by molar-refractivity contribution is -0.129. The number of amides is 1. The maximum atomic E-state index is 12.2. The van der Waals surface area contributed by atoms with Gasteiger partial charge in [-0.3, -0.25) is 4.79 Å². The molecule has 20 heavy (non-hydrogen) atoms. The molecule has 1 aliphatic rings. The van der Waals surface area contributed by atoms with Gasteiger partial charge in [-0.1, -0.05) is 24.3 Å². The van der Waals surface area contributed by atoms with E-state index in [1.807, 2.05) is 24.3 Å². The Bertz CT molecular complexity index is 439. The van der Waals surface area contributed by atoms with Crippen LogP contribution in [0.1, 0.15) is 24.0 Å². The zero-order chi connectivity index (χ0) is 14.4. The molecule has 5 heteroatoms. The lowest BCUT2D eigenvalue weighted by Crippen LogP contribution is -2.56. The van der Waals surface area contributed by atoms with E-state index in [4.69, 9.17) is 15.2 Å². The Morgan fingerprint density at radius 1 is 1.30 bits per heavy atom. The molecule has 5 nitrogen and oxygen atoms in total. The molecule has 1 aromatic carbocycles. The lowest BCUT2D eigenvalue weighted by Gasteiger charge is -2.31. The SMILES string of the molecule is COCc1ccc(CNC(=O)C2(N)CCOCC2)cc1. The molecular weight excluding hydrogens is 256 g/mol. The third-order valence-corrected chi connectivity index (χ3v) is 3.62. The van der Waals surface area contributed by atoms with E-state index in [0.717, 1.165) is 11.1 Å². The monoisotopic (exact) mass is 278 g/mol. The molecule has 1 saturated heterocycles. The van der Waals surface area contributed by atoms with E-state index in [1.54, 1.807) is 7.11 Å². The Labute approximate surface area is 119 Å². The second-order valence-electron chi connectivity index (χ2n) is 5.20. The maximum absolute atomic E-state index is 12.2. The molecule has 0 aliphatic carbocycles. The van der Waals surface area contributed by atoms with Crippen LogP contribution in [0, 0.1) is 0 Å². The number of hydrogen-bond donors (Lipinski definition) is 2. The largest absolute Gasteiger partial charge is 0.381 e. The van der Waals surface area contributed by atoms with Crippen LogP contribution in [0.25, 0.3) is 0 Å². The zero-order valence-corrected chi connectivity index (χ0v) is 11.9. The van der Waals surface area contributed by atoms with Gasteiger partial charge in [0.25, 0.3) is 0 Å². The molecule has 1 heterocycles. The Balaban J connectivity index is 1.86. The summed E-state index contributed by atoms with van der Waals surface area (Å²) < 4.78 is 10.3. The Morgan fingerprint density at radius 2 is 1.90 bits per heavy atom. The van der Waals surface area contributed by atoms with Crippen molar-refractivity contribution in [3.05, 3.63) is 35.4 Å². The molecule has 2 rings (SSSR count). The molecule has 1 aromatic rings. The van der Waals surface area contributed by atoms with Gasteiger partial charge in [0.15, 0.2) is 0 Å². The first-order valence-electron chi connectivity index (χ1n) is 6.86. The van der Waals surface area contributed by atoms with Crippen molar-refractivity contribution in [2.45, 2.75) is 31.5 Å². The zero-order valence-electron chi connectivity index (χ0n) is 11.9. The van der Waals surface area contributed by atoms with Crippen LogP contribution in [-0.4, -0.2) is 31.8 Å². The second kappa shape index (κ2) is 6.83. The van der Waals surface area contributed by atoms with Gasteiger partial charge in [0.2, 0.25) is 5.91 Å². The summed E-state index contributed by atoms with van der Waals surface area (Å²) in [6.07, 6.45) is 1.15. The van der Waals surface area contributed by atoms with Gasteiger partial charge in [0.1, 0.15) is 0 Å². The van der Waals surface area contributed by atoms with E-state index in [1.165, 1.54) is 0 Å². The molecule has 0 radical (unpaired) electrons. The lowest BCUT2D eigenvalue weighted by atomic mass is 9.90. The average molecular weight is 278 g/mol. The third-order valence-electron chi connectivity index (χ3n) is 3.62. The van der Waals surface area contributed by atoms with E-state index in [-0.39, 0.29) is 5.91 Å². The van der Waals surface area contributed by atoms with Gasteiger partial charge < -0.3 is 20.5 Å². The van der Waals surface area contributed by atoms with Gasteiger partial charge in [-0.05, 0) is 24.0 Å². The summed E-state index contributed by atoms with van der Waals surface area (Å²) in [7, 11) is 1.67. The average Bonchev–Trinajstić information content (AvgIpc) is 2.47. The summed E-state index contributed by atoms with van der Waals surface area (Å²) in [6, 6.07) is 7.97. The van der Waals surface area contributed by atoms with Crippen LogP contribution in [0.5, 0.6) is 0 Å². The number of carbonyl (C=O) groups excluding carboxylic acids is 1. The van der Waals surface area contributed by atoms with Crippen LogP contribution in [0.3, 0.4) is 0 Å². The van der Waals surface area contributed by atoms with E-state index in [0.29, 0.717) is 39.2 Å². The highest BCUT2D eigenvalue weighted by Crippen LogP contribution is 2.18. The summed E-state index contributed by atoms with van der Waals surface area (Å²) in [6.45, 7) is 2.19. The first-order valence-corrected chi connectivity index (χ1v) is 6.86. The van der Waals surface area contributed by atoms with Crippen LogP contribution in [0.2, 0.25) is 0 Å². The summed E-state index contributed by atoms with van der Waals surface area (Å²) >= 11 is 0. The van der Waals surface area contributed by atoms with Gasteiger partial charge in [0.05, 0.1) is 12.1 Å². The van der Waals surface area contributed by atoms with Gasteiger partial charge in [-0.25, -0.2) is 0 Å². The number of ether oxygens (including phenoxy) is 2. The molecule has 3 N–H and O–H groups in total. The molecule has 1 fully saturated rings. The first-order chi connectivity index (χ1) is 9.64. The first kappa shape index (κ1) is 15.0. The number of hydrogen-bond acceptors (Lipinski definition) is 4. The Hall–Kier alpha value is -1.43. The fourth-order valence-electron chi connectivity index (χ4n) is 2.24. The predicted molar refractivity (Wildman–Crippen MR) is 76.0 cm³/mol. The van der Waals surface area contributed by atoms with Gasteiger partial charge in [-0.15, -0.1) is 0 Å². The number of methoxy groups -OCH3 is 1. The van der Waals surface area contributed by atoms with E-state index in [2.05, 4.69) is 5.32 Å². The van der Waals surface area contributed by atoms with Crippen molar-refractivity contribution < 1.29 is 14.3 Å². The van der Waals surface area contributed by atoms with Crippen molar-refractivity contribution in [3.63, 3.8) is 0 Å². The minimum Gasteiger partial charge on any atom is -0.381 e. The Kier molecular flexibility index (Phi) is 5.11. The van der Waals surface area contributed by atoms with Crippen molar-refractivity contribution in [2.75, 3.05) is 20.3 Å². The summed E-state index contributed by atoms with van der Waals surface area (Å²) in [5.74, 6) is -0.0956. The van der Waals surface area contributed by atoms with Crippen LogP contribution in [-0.2, 0) is 27.4 Å². The molecular formula is C15H22N2O3. The number of benzene rings is 1. The van der Waals surface area contributed by atoms with Crippen LogP contribution in [0.4, 0.5) is 0 Å². The van der Waals surface area contributed by atoms with Crippen molar-refractivity contribution in [1.82, 2.24) is 5.32 Å². The predicted octanol–water partition coefficient (Wildman–Crippen LogP) is 0.957. The van der Waals surface area contributed by atoms with Gasteiger partial charge >= 0.3 is 0 Å². The summed E-state index contributed by atoms with van der Waals surface area (Å²) in [5.41, 5.74) is 7.50. The molecule has 110 valence electrons. The molecule has 0 spiro atoms. The number of nitrogens with one attached hydrogen (secondary N) is 1. The van der Waals surface area contributed by atoms with Crippen molar-refractivity contribution in [2.24, 2.45) is 5.73 Å². The Morgan fingerprint density at radius 3 is 2.50 bits per heavy atom. The molecule has 0 saturated carbocycles.